The van der Waals surface area contributed by atoms with E-state index in [1.54, 1.807) is 20.8 Å². The van der Waals surface area contributed by atoms with E-state index < -0.39 is 29.2 Å². The summed E-state index contributed by atoms with van der Waals surface area (Å²) in [5, 5.41) is 0. The number of nitrogens with zero attached hydrogens (tertiary/aromatic N) is 1. The molecular formula is C23H21NO7. The van der Waals surface area contributed by atoms with Gasteiger partial charge in [0.15, 0.2) is 12.4 Å². The first-order valence-electron chi connectivity index (χ1n) is 9.46. The number of carbonyl (C=O) groups excluding carboxylic acids is 5. The molecule has 0 spiro atoms. The van der Waals surface area contributed by atoms with Crippen LogP contribution in [0.4, 0.5) is 5.69 Å². The molecule has 2 aromatic rings. The Hall–Kier alpha value is -3.81. The lowest BCUT2D eigenvalue weighted by Gasteiger charge is -2.16. The largest absolute Gasteiger partial charge is 0.465 e. The highest BCUT2D eigenvalue weighted by Crippen LogP contribution is 2.29. The van der Waals surface area contributed by atoms with Gasteiger partial charge in [-0.15, -0.1) is 0 Å². The Labute approximate surface area is 178 Å². The zero-order chi connectivity index (χ0) is 22.9. The SMILES string of the molecule is COC(=O)c1ccc(N2C(=O)c3ccc(C(=O)OCC(=O)C(C)(C)C)cc3C2=O)cc1. The van der Waals surface area contributed by atoms with Gasteiger partial charge in [-0.2, -0.15) is 0 Å². The van der Waals surface area contributed by atoms with Gasteiger partial charge in [-0.25, -0.2) is 14.5 Å². The third kappa shape index (κ3) is 4.23. The van der Waals surface area contributed by atoms with Crippen molar-refractivity contribution in [3.63, 3.8) is 0 Å². The number of anilines is 1. The van der Waals surface area contributed by atoms with Gasteiger partial charge in [0.05, 0.1) is 35.1 Å². The Bertz CT molecular complexity index is 1090. The van der Waals surface area contributed by atoms with E-state index in [-0.39, 0.29) is 40.3 Å². The monoisotopic (exact) mass is 423 g/mol. The number of carbonyl (C=O) groups is 5. The highest BCUT2D eigenvalue weighted by molar-refractivity contribution is 6.34. The molecule has 8 nitrogen and oxygen atoms in total. The van der Waals surface area contributed by atoms with E-state index >= 15 is 0 Å². The average molecular weight is 423 g/mol. The number of esters is 2. The van der Waals surface area contributed by atoms with Crippen LogP contribution in [0.3, 0.4) is 0 Å². The standard InChI is InChI=1S/C23H21NO7/c1-23(2,3)18(25)12-31-22(29)14-7-10-16-17(11-14)20(27)24(19(16)26)15-8-5-13(6-9-15)21(28)30-4/h5-11H,12H2,1-4H3. The molecule has 0 saturated carbocycles. The molecule has 8 heteroatoms. The van der Waals surface area contributed by atoms with Gasteiger partial charge in [-0.05, 0) is 42.5 Å². The minimum atomic E-state index is -0.762. The number of imide groups is 1. The second-order valence-electron chi connectivity index (χ2n) is 7.99. The number of methoxy groups -OCH3 is 1. The average Bonchev–Trinajstić information content (AvgIpc) is 3.00. The van der Waals surface area contributed by atoms with E-state index in [0.717, 1.165) is 4.90 Å². The second-order valence-corrected chi connectivity index (χ2v) is 7.99. The minimum absolute atomic E-state index is 0.0543. The number of rotatable bonds is 5. The van der Waals surface area contributed by atoms with Crippen LogP contribution in [-0.2, 0) is 14.3 Å². The molecule has 0 saturated heterocycles. The van der Waals surface area contributed by atoms with Gasteiger partial charge in [0.25, 0.3) is 11.8 Å². The molecule has 0 atom stereocenters. The van der Waals surface area contributed by atoms with E-state index in [2.05, 4.69) is 4.74 Å². The molecule has 0 bridgehead atoms. The maximum atomic E-state index is 12.9. The molecule has 1 heterocycles. The first-order chi connectivity index (χ1) is 14.5. The lowest BCUT2D eigenvalue weighted by Crippen LogP contribution is -2.29. The molecule has 3 rings (SSSR count). The molecule has 0 N–H and O–H groups in total. The van der Waals surface area contributed by atoms with Gasteiger partial charge in [0.1, 0.15) is 0 Å². The highest BCUT2D eigenvalue weighted by Gasteiger charge is 2.37. The fourth-order valence-corrected chi connectivity index (χ4v) is 2.90. The van der Waals surface area contributed by atoms with E-state index in [1.807, 2.05) is 0 Å². The number of Topliss-reactive ketones (excluding diaryl/α,β-unsaturated/α-hetero) is 1. The molecule has 0 aliphatic carbocycles. The minimum Gasteiger partial charge on any atom is -0.465 e. The summed E-state index contributed by atoms with van der Waals surface area (Å²) >= 11 is 0. The van der Waals surface area contributed by atoms with Crippen molar-refractivity contribution in [1.82, 2.24) is 0 Å². The highest BCUT2D eigenvalue weighted by atomic mass is 16.5. The zero-order valence-electron chi connectivity index (χ0n) is 17.6. The van der Waals surface area contributed by atoms with E-state index in [0.29, 0.717) is 0 Å². The molecule has 2 aromatic carbocycles. The van der Waals surface area contributed by atoms with E-state index in [9.17, 15) is 24.0 Å². The lowest BCUT2D eigenvalue weighted by molar-refractivity contribution is -0.129. The number of ether oxygens (including phenoxy) is 2. The Morgan fingerprint density at radius 2 is 1.42 bits per heavy atom. The molecular weight excluding hydrogens is 402 g/mol. The quantitative estimate of drug-likeness (QED) is 0.537. The maximum Gasteiger partial charge on any atom is 0.338 e. The van der Waals surface area contributed by atoms with Crippen LogP contribution in [0.25, 0.3) is 0 Å². The molecule has 1 aliphatic rings. The molecule has 0 aromatic heterocycles. The fourth-order valence-electron chi connectivity index (χ4n) is 2.90. The number of fused-ring (bicyclic) bond motifs is 1. The zero-order valence-corrected chi connectivity index (χ0v) is 17.6. The molecule has 0 unspecified atom stereocenters. The van der Waals surface area contributed by atoms with Gasteiger partial charge in [-0.3, -0.25) is 14.4 Å². The van der Waals surface area contributed by atoms with Crippen LogP contribution in [-0.4, -0.2) is 43.3 Å². The molecule has 2 amide bonds. The van der Waals surface area contributed by atoms with Crippen LogP contribution >= 0.6 is 0 Å². The maximum absolute atomic E-state index is 12.9. The lowest BCUT2D eigenvalue weighted by atomic mass is 9.91. The van der Waals surface area contributed by atoms with Crippen molar-refractivity contribution < 1.29 is 33.4 Å². The number of ketones is 1. The topological polar surface area (TPSA) is 107 Å². The summed E-state index contributed by atoms with van der Waals surface area (Å²) in [7, 11) is 1.25. The summed E-state index contributed by atoms with van der Waals surface area (Å²) in [4.78, 5) is 62.4. The summed E-state index contributed by atoms with van der Waals surface area (Å²) in [5.74, 6) is -2.70. The molecule has 31 heavy (non-hydrogen) atoms. The summed E-state index contributed by atoms with van der Waals surface area (Å²) in [6.07, 6.45) is 0. The molecule has 0 fully saturated rings. The molecule has 160 valence electrons. The second kappa shape index (κ2) is 8.14. The van der Waals surface area contributed by atoms with Crippen LogP contribution in [0.15, 0.2) is 42.5 Å². The summed E-state index contributed by atoms with van der Waals surface area (Å²) < 4.78 is 9.69. The van der Waals surface area contributed by atoms with Gasteiger partial charge < -0.3 is 9.47 Å². The Balaban J connectivity index is 1.81. The van der Waals surface area contributed by atoms with Crippen molar-refractivity contribution >= 4 is 35.2 Å². The van der Waals surface area contributed by atoms with Crippen molar-refractivity contribution in [2.45, 2.75) is 20.8 Å². The molecule has 1 aliphatic heterocycles. The first-order valence-corrected chi connectivity index (χ1v) is 9.46. The van der Waals surface area contributed by atoms with Crippen LogP contribution in [0, 0.1) is 5.41 Å². The van der Waals surface area contributed by atoms with Crippen molar-refractivity contribution in [2.24, 2.45) is 5.41 Å². The van der Waals surface area contributed by atoms with Crippen molar-refractivity contribution in [2.75, 3.05) is 18.6 Å². The van der Waals surface area contributed by atoms with Gasteiger partial charge in [-0.1, -0.05) is 20.8 Å². The normalized spacial score (nSPS) is 13.1. The summed E-state index contributed by atoms with van der Waals surface area (Å²) in [5.41, 5.74) is 0.161. The number of hydrogen-bond donors (Lipinski definition) is 0. The van der Waals surface area contributed by atoms with Gasteiger partial charge in [0, 0.05) is 5.41 Å². The Morgan fingerprint density at radius 3 is 2.00 bits per heavy atom. The number of hydrogen-bond acceptors (Lipinski definition) is 7. The smallest absolute Gasteiger partial charge is 0.338 e. The number of benzene rings is 2. The van der Waals surface area contributed by atoms with E-state index in [4.69, 9.17) is 4.74 Å². The first kappa shape index (κ1) is 21.9. The predicted octanol–water partition coefficient (Wildman–Crippen LogP) is 3.05. The number of amides is 2. The predicted molar refractivity (Wildman–Crippen MR) is 110 cm³/mol. The van der Waals surface area contributed by atoms with Crippen molar-refractivity contribution in [3.05, 3.63) is 64.7 Å². The summed E-state index contributed by atoms with van der Waals surface area (Å²) in [6, 6.07) is 9.84. The Kier molecular flexibility index (Phi) is 5.75. The third-order valence-electron chi connectivity index (χ3n) is 4.84. The van der Waals surface area contributed by atoms with Crippen LogP contribution in [0.5, 0.6) is 0 Å². The van der Waals surface area contributed by atoms with Gasteiger partial charge in [0.2, 0.25) is 0 Å². The van der Waals surface area contributed by atoms with Crippen LogP contribution < -0.4 is 4.90 Å². The van der Waals surface area contributed by atoms with Crippen molar-refractivity contribution in [1.29, 1.82) is 0 Å². The Morgan fingerprint density at radius 1 is 0.839 bits per heavy atom. The fraction of sp³-hybridized carbons (Fsp3) is 0.261. The third-order valence-corrected chi connectivity index (χ3v) is 4.84. The van der Waals surface area contributed by atoms with Crippen molar-refractivity contribution in [3.8, 4) is 0 Å². The van der Waals surface area contributed by atoms with Gasteiger partial charge >= 0.3 is 11.9 Å². The van der Waals surface area contributed by atoms with Crippen LogP contribution in [0.1, 0.15) is 62.2 Å². The van der Waals surface area contributed by atoms with E-state index in [1.165, 1.54) is 49.6 Å². The van der Waals surface area contributed by atoms with Crippen LogP contribution in [0.2, 0.25) is 0 Å². The molecule has 0 radical (unpaired) electrons. The summed E-state index contributed by atoms with van der Waals surface area (Å²) in [6.45, 7) is 4.77.